The van der Waals surface area contributed by atoms with E-state index in [4.69, 9.17) is 4.74 Å². The van der Waals surface area contributed by atoms with E-state index in [0.29, 0.717) is 25.2 Å². The van der Waals surface area contributed by atoms with Crippen molar-refractivity contribution in [1.29, 1.82) is 0 Å². The van der Waals surface area contributed by atoms with Gasteiger partial charge in [0, 0.05) is 30.6 Å². The van der Waals surface area contributed by atoms with E-state index in [1.54, 1.807) is 17.0 Å². The molecule has 1 spiro atoms. The highest BCUT2D eigenvalue weighted by Gasteiger charge is 2.51. The Kier molecular flexibility index (Phi) is 5.96. The molecule has 1 unspecified atom stereocenters. The van der Waals surface area contributed by atoms with Gasteiger partial charge in [0.05, 0.1) is 10.6 Å². The van der Waals surface area contributed by atoms with E-state index in [1.807, 2.05) is 42.5 Å². The molecule has 0 aromatic heterocycles. The number of carbonyl (C=O) groups is 1. The van der Waals surface area contributed by atoms with Gasteiger partial charge in [0.15, 0.2) is 0 Å². The first kappa shape index (κ1) is 23.3. The molecule has 9 heteroatoms. The van der Waals surface area contributed by atoms with Crippen LogP contribution in [-0.2, 0) is 26.8 Å². The predicted molar refractivity (Wildman–Crippen MR) is 127 cm³/mol. The van der Waals surface area contributed by atoms with Gasteiger partial charge in [-0.3, -0.25) is 4.31 Å². The number of ether oxygens (including phenoxy) is 1. The van der Waals surface area contributed by atoms with Crippen molar-refractivity contribution in [2.75, 3.05) is 23.9 Å². The Balaban J connectivity index is 1.37. The van der Waals surface area contributed by atoms with E-state index in [-0.39, 0.29) is 23.6 Å². The van der Waals surface area contributed by atoms with Gasteiger partial charge >= 0.3 is 6.09 Å². The van der Waals surface area contributed by atoms with Crippen LogP contribution < -0.4 is 4.31 Å². The molecule has 1 atom stereocenters. The topological polar surface area (TPSA) is 66.9 Å². The van der Waals surface area contributed by atoms with Gasteiger partial charge in [0.1, 0.15) is 6.61 Å². The molecule has 0 bridgehead atoms. The zero-order valence-electron chi connectivity index (χ0n) is 18.8. The number of hydrogen-bond acceptors (Lipinski definition) is 4. The fraction of sp³-hybridized carbons (Fsp3) is 0.269. The molecule has 1 saturated heterocycles. The average molecular weight is 499 g/mol. The van der Waals surface area contributed by atoms with Crippen molar-refractivity contribution in [3.05, 3.63) is 95.6 Å². The number of halogens is 2. The maximum atomic E-state index is 13.5. The van der Waals surface area contributed by atoms with E-state index in [2.05, 4.69) is 0 Å². The van der Waals surface area contributed by atoms with Crippen LogP contribution in [0.3, 0.4) is 0 Å². The maximum absolute atomic E-state index is 13.5. The molecule has 0 radical (unpaired) electrons. The van der Waals surface area contributed by atoms with Crippen molar-refractivity contribution >= 4 is 21.8 Å². The van der Waals surface area contributed by atoms with Crippen molar-refractivity contribution in [2.45, 2.75) is 29.8 Å². The molecule has 5 rings (SSSR count). The van der Waals surface area contributed by atoms with Gasteiger partial charge in [0.25, 0.3) is 16.4 Å². The standard InChI is InChI=1S/C26H24F2N2O4S/c27-24(28)20-10-12-21(13-11-20)35(32,33)30-18-26(22-8-4-5-9-23(22)30)14-15-29(17-26)25(31)34-16-19-6-2-1-3-7-19/h1-13,24H,14-18H2. The van der Waals surface area contributed by atoms with Crippen molar-refractivity contribution < 1.29 is 26.7 Å². The summed E-state index contributed by atoms with van der Waals surface area (Å²) in [4.78, 5) is 14.3. The fourth-order valence-corrected chi connectivity index (χ4v) is 6.47. The van der Waals surface area contributed by atoms with Crippen molar-refractivity contribution in [1.82, 2.24) is 4.90 Å². The molecule has 182 valence electrons. The van der Waals surface area contributed by atoms with Gasteiger partial charge in [-0.2, -0.15) is 0 Å². The number of hydrogen-bond donors (Lipinski definition) is 0. The first-order chi connectivity index (χ1) is 16.8. The van der Waals surface area contributed by atoms with Crippen molar-refractivity contribution in [3.63, 3.8) is 0 Å². The molecule has 1 fully saturated rings. The van der Waals surface area contributed by atoms with Crippen LogP contribution >= 0.6 is 0 Å². The average Bonchev–Trinajstić information content (AvgIpc) is 3.46. The molecule has 3 aromatic carbocycles. The van der Waals surface area contributed by atoms with Gasteiger partial charge in [-0.15, -0.1) is 0 Å². The Morgan fingerprint density at radius 3 is 2.34 bits per heavy atom. The quantitative estimate of drug-likeness (QED) is 0.490. The lowest BCUT2D eigenvalue weighted by molar-refractivity contribution is 0.102. The van der Waals surface area contributed by atoms with E-state index >= 15 is 0 Å². The van der Waals surface area contributed by atoms with Gasteiger partial charge in [-0.25, -0.2) is 22.0 Å². The molecule has 6 nitrogen and oxygen atoms in total. The number of likely N-dealkylation sites (tertiary alicyclic amines) is 1. The Hall–Kier alpha value is -3.46. The summed E-state index contributed by atoms with van der Waals surface area (Å²) in [7, 11) is -3.99. The number of benzene rings is 3. The first-order valence-electron chi connectivity index (χ1n) is 11.3. The second kappa shape index (κ2) is 8.96. The lowest BCUT2D eigenvalue weighted by Crippen LogP contribution is -2.40. The Labute approximate surface area is 202 Å². The molecular formula is C26H24F2N2O4S. The monoisotopic (exact) mass is 498 g/mol. The minimum absolute atomic E-state index is 0.0501. The molecule has 0 aliphatic carbocycles. The highest BCUT2D eigenvalue weighted by atomic mass is 32.2. The van der Waals surface area contributed by atoms with Gasteiger partial charge in [-0.05, 0) is 35.7 Å². The lowest BCUT2D eigenvalue weighted by atomic mass is 9.82. The minimum Gasteiger partial charge on any atom is -0.445 e. The Morgan fingerprint density at radius 2 is 1.63 bits per heavy atom. The SMILES string of the molecule is O=C(OCc1ccccc1)N1CCC2(C1)CN(S(=O)(=O)c1ccc(C(F)F)cc1)c1ccccc12. The molecule has 2 aliphatic rings. The summed E-state index contributed by atoms with van der Waals surface area (Å²) in [5, 5.41) is 0. The summed E-state index contributed by atoms with van der Waals surface area (Å²) < 4.78 is 59.8. The van der Waals surface area contributed by atoms with Gasteiger partial charge < -0.3 is 9.64 Å². The third-order valence-electron chi connectivity index (χ3n) is 6.73. The Bertz CT molecular complexity index is 1330. The number of anilines is 1. The van der Waals surface area contributed by atoms with Crippen LogP contribution in [0.15, 0.2) is 83.8 Å². The number of carbonyl (C=O) groups excluding carboxylic acids is 1. The van der Waals surface area contributed by atoms with Crippen molar-refractivity contribution in [3.8, 4) is 0 Å². The highest BCUT2D eigenvalue weighted by Crippen LogP contribution is 2.48. The highest BCUT2D eigenvalue weighted by molar-refractivity contribution is 7.92. The van der Waals surface area contributed by atoms with Crippen molar-refractivity contribution in [2.24, 2.45) is 0 Å². The summed E-state index contributed by atoms with van der Waals surface area (Å²) in [5.74, 6) is 0. The smallest absolute Gasteiger partial charge is 0.410 e. The van der Waals surface area contributed by atoms with Crippen LogP contribution in [0, 0.1) is 0 Å². The lowest BCUT2D eigenvalue weighted by Gasteiger charge is -2.26. The van der Waals surface area contributed by atoms with E-state index < -0.39 is 28.0 Å². The first-order valence-corrected chi connectivity index (χ1v) is 12.7. The normalized spacial score (nSPS) is 19.4. The number of fused-ring (bicyclic) bond motifs is 2. The Morgan fingerprint density at radius 1 is 0.943 bits per heavy atom. The molecule has 1 amide bonds. The molecule has 3 aromatic rings. The zero-order valence-corrected chi connectivity index (χ0v) is 19.6. The van der Waals surface area contributed by atoms with E-state index in [9.17, 15) is 22.0 Å². The molecule has 35 heavy (non-hydrogen) atoms. The summed E-state index contributed by atoms with van der Waals surface area (Å²) in [6, 6.07) is 21.3. The number of rotatable bonds is 5. The summed E-state index contributed by atoms with van der Waals surface area (Å²) in [6.07, 6.45) is -2.53. The van der Waals surface area contributed by atoms with E-state index in [1.165, 1.54) is 16.4 Å². The summed E-state index contributed by atoms with van der Waals surface area (Å²) >= 11 is 0. The minimum atomic E-state index is -3.99. The maximum Gasteiger partial charge on any atom is 0.410 e. The second-order valence-electron chi connectivity index (χ2n) is 8.89. The van der Waals surface area contributed by atoms with Crippen LogP contribution in [0.25, 0.3) is 0 Å². The third-order valence-corrected chi connectivity index (χ3v) is 8.50. The van der Waals surface area contributed by atoms with Crippen LogP contribution in [0.2, 0.25) is 0 Å². The summed E-state index contributed by atoms with van der Waals surface area (Å²) in [5.41, 5.74) is 1.48. The van der Waals surface area contributed by atoms with Crippen LogP contribution in [0.5, 0.6) is 0 Å². The van der Waals surface area contributed by atoms with Crippen LogP contribution in [0.1, 0.15) is 29.5 Å². The third kappa shape index (κ3) is 4.25. The number of para-hydroxylation sites is 1. The van der Waals surface area contributed by atoms with Crippen LogP contribution in [0.4, 0.5) is 19.3 Å². The molecule has 0 N–H and O–H groups in total. The second-order valence-corrected chi connectivity index (χ2v) is 10.8. The summed E-state index contributed by atoms with van der Waals surface area (Å²) in [6.45, 7) is 1.09. The number of sulfonamides is 1. The number of nitrogens with zero attached hydrogens (tertiary/aromatic N) is 2. The zero-order chi connectivity index (χ0) is 24.6. The fourth-order valence-electron chi connectivity index (χ4n) is 4.90. The van der Waals surface area contributed by atoms with E-state index in [0.717, 1.165) is 23.3 Å². The molecule has 0 saturated carbocycles. The largest absolute Gasteiger partial charge is 0.445 e. The van der Waals surface area contributed by atoms with Gasteiger partial charge in [-0.1, -0.05) is 60.7 Å². The molecule has 2 aliphatic heterocycles. The predicted octanol–water partition coefficient (Wildman–Crippen LogP) is 5.11. The number of amides is 1. The number of alkyl halides is 2. The van der Waals surface area contributed by atoms with Crippen LogP contribution in [-0.4, -0.2) is 39.0 Å². The molecular weight excluding hydrogens is 474 g/mol. The molecule has 2 heterocycles. The van der Waals surface area contributed by atoms with Gasteiger partial charge in [0.2, 0.25) is 0 Å².